The molecule has 6 heteroatoms. The third kappa shape index (κ3) is 2.14. The zero-order valence-electron chi connectivity index (χ0n) is 11.3. The lowest BCUT2D eigenvalue weighted by atomic mass is 10.2. The Morgan fingerprint density at radius 1 is 1.18 bits per heavy atom. The number of fused-ring (bicyclic) bond motifs is 1. The lowest BCUT2D eigenvalue weighted by Gasteiger charge is -1.92. The minimum absolute atomic E-state index is 0.614. The molecule has 5 nitrogen and oxygen atoms in total. The molecule has 0 saturated carbocycles. The van der Waals surface area contributed by atoms with E-state index in [-0.39, 0.29) is 0 Å². The van der Waals surface area contributed by atoms with Crippen LogP contribution in [0.2, 0.25) is 0 Å². The van der Waals surface area contributed by atoms with Crippen molar-refractivity contribution in [2.24, 2.45) is 0 Å². The monoisotopic (exact) mass is 303 g/mol. The number of nitrogens with zero attached hydrogens (tertiary/aromatic N) is 4. The van der Waals surface area contributed by atoms with Crippen LogP contribution < -0.4 is 0 Å². The fourth-order valence-corrected chi connectivity index (χ4v) is 3.05. The molecular weight excluding hydrogens is 294 g/mol. The van der Waals surface area contributed by atoms with Crippen LogP contribution in [0.5, 0.6) is 0 Å². The summed E-state index contributed by atoms with van der Waals surface area (Å²) in [5.74, 6) is 0.762. The van der Waals surface area contributed by atoms with Gasteiger partial charge in [0, 0.05) is 24.2 Å². The fourth-order valence-electron chi connectivity index (χ4n) is 2.20. The number of thiazole rings is 1. The predicted octanol–water partition coefficient (Wildman–Crippen LogP) is 3.62. The first-order valence-electron chi connectivity index (χ1n) is 6.60. The molecule has 0 aliphatic heterocycles. The van der Waals surface area contributed by atoms with Gasteiger partial charge in [0.2, 0.25) is 0 Å². The highest BCUT2D eigenvalue weighted by Crippen LogP contribution is 2.31. The van der Waals surface area contributed by atoms with Crippen LogP contribution in [0.25, 0.3) is 32.3 Å². The molecule has 4 aromatic rings. The van der Waals surface area contributed by atoms with Crippen molar-refractivity contribution in [3.05, 3.63) is 54.5 Å². The van der Waals surface area contributed by atoms with Gasteiger partial charge in [0.25, 0.3) is 0 Å². The van der Waals surface area contributed by atoms with Gasteiger partial charge in [0.1, 0.15) is 10.8 Å². The van der Waals surface area contributed by atoms with E-state index in [0.29, 0.717) is 5.56 Å². The number of rotatable bonds is 2. The molecular formula is C16H9N5S. The normalized spacial score (nSPS) is 10.7. The number of nitriles is 1. The molecule has 1 N–H and O–H groups in total. The van der Waals surface area contributed by atoms with Gasteiger partial charge in [-0.1, -0.05) is 0 Å². The molecule has 0 aliphatic rings. The molecule has 0 radical (unpaired) electrons. The molecule has 0 saturated heterocycles. The van der Waals surface area contributed by atoms with Crippen LogP contribution in [0, 0.1) is 11.3 Å². The Bertz CT molecular complexity index is 994. The van der Waals surface area contributed by atoms with Crippen LogP contribution in [0.1, 0.15) is 5.56 Å². The van der Waals surface area contributed by atoms with Gasteiger partial charge in [-0.25, -0.2) is 9.97 Å². The lowest BCUT2D eigenvalue weighted by Crippen LogP contribution is -1.75. The third-order valence-electron chi connectivity index (χ3n) is 3.26. The van der Waals surface area contributed by atoms with Crippen molar-refractivity contribution < 1.29 is 0 Å². The lowest BCUT2D eigenvalue weighted by molar-refractivity contribution is 1.31. The van der Waals surface area contributed by atoms with Crippen LogP contribution in [-0.4, -0.2) is 19.9 Å². The summed E-state index contributed by atoms with van der Waals surface area (Å²) < 4.78 is 0. The molecule has 22 heavy (non-hydrogen) atoms. The van der Waals surface area contributed by atoms with Crippen molar-refractivity contribution in [2.75, 3.05) is 0 Å². The molecule has 0 unspecified atom stereocenters. The number of nitrogens with one attached hydrogen (secondary N) is 1. The summed E-state index contributed by atoms with van der Waals surface area (Å²) in [4.78, 5) is 17.3. The van der Waals surface area contributed by atoms with Gasteiger partial charge >= 0.3 is 0 Å². The molecule has 1 aromatic carbocycles. The van der Waals surface area contributed by atoms with Crippen molar-refractivity contribution in [3.8, 4) is 27.3 Å². The molecule has 104 valence electrons. The molecule has 0 aliphatic carbocycles. The summed E-state index contributed by atoms with van der Waals surface area (Å²) in [5.41, 5.74) is 3.29. The van der Waals surface area contributed by atoms with Crippen LogP contribution in [0.3, 0.4) is 0 Å². The van der Waals surface area contributed by atoms with Crippen LogP contribution in [0.15, 0.2) is 48.9 Å². The van der Waals surface area contributed by atoms with Gasteiger partial charge < -0.3 is 4.98 Å². The van der Waals surface area contributed by atoms with Crippen molar-refractivity contribution in [3.63, 3.8) is 0 Å². The minimum atomic E-state index is 0.614. The Morgan fingerprint density at radius 3 is 2.95 bits per heavy atom. The first kappa shape index (κ1) is 12.7. The van der Waals surface area contributed by atoms with Crippen LogP contribution in [0.4, 0.5) is 0 Å². The van der Waals surface area contributed by atoms with E-state index in [2.05, 4.69) is 26.0 Å². The van der Waals surface area contributed by atoms with Gasteiger partial charge in [-0.2, -0.15) is 5.26 Å². The summed E-state index contributed by atoms with van der Waals surface area (Å²) in [6.07, 6.45) is 5.33. The highest BCUT2D eigenvalue weighted by Gasteiger charge is 2.11. The van der Waals surface area contributed by atoms with E-state index in [4.69, 9.17) is 5.26 Å². The van der Waals surface area contributed by atoms with Gasteiger partial charge in [0.15, 0.2) is 0 Å². The highest BCUT2D eigenvalue weighted by atomic mass is 32.1. The smallest absolute Gasteiger partial charge is 0.150 e. The number of pyridine rings is 1. The van der Waals surface area contributed by atoms with Gasteiger partial charge in [-0.15, -0.1) is 11.3 Å². The molecule has 0 fully saturated rings. The van der Waals surface area contributed by atoms with Crippen molar-refractivity contribution in [1.29, 1.82) is 5.26 Å². The molecule has 3 heterocycles. The second kappa shape index (κ2) is 5.06. The SMILES string of the molecule is N#Cc1ccc2nc(-c3cnc(-c4cccnc4)s3)[nH]c2c1. The van der Waals surface area contributed by atoms with Crippen LogP contribution in [-0.2, 0) is 0 Å². The summed E-state index contributed by atoms with van der Waals surface area (Å²) in [7, 11) is 0. The molecule has 0 bridgehead atoms. The summed E-state index contributed by atoms with van der Waals surface area (Å²) in [6.45, 7) is 0. The maximum absolute atomic E-state index is 8.95. The number of aromatic nitrogens is 4. The van der Waals surface area contributed by atoms with E-state index in [1.807, 2.05) is 18.2 Å². The Balaban J connectivity index is 1.76. The van der Waals surface area contributed by atoms with Crippen molar-refractivity contribution in [2.45, 2.75) is 0 Å². The largest absolute Gasteiger partial charge is 0.337 e. The first-order valence-corrected chi connectivity index (χ1v) is 7.41. The van der Waals surface area contributed by atoms with Crippen molar-refractivity contribution in [1.82, 2.24) is 19.9 Å². The quantitative estimate of drug-likeness (QED) is 0.613. The maximum Gasteiger partial charge on any atom is 0.150 e. The second-order valence-corrected chi connectivity index (χ2v) is 5.73. The number of aromatic amines is 1. The summed E-state index contributed by atoms with van der Waals surface area (Å²) in [6, 6.07) is 11.4. The van der Waals surface area contributed by atoms with Crippen LogP contribution >= 0.6 is 11.3 Å². The van der Waals surface area contributed by atoms with E-state index in [1.165, 1.54) is 0 Å². The molecule has 0 amide bonds. The van der Waals surface area contributed by atoms with Gasteiger partial charge in [0.05, 0.1) is 27.5 Å². The predicted molar refractivity (Wildman–Crippen MR) is 85.1 cm³/mol. The number of H-pyrrole nitrogens is 1. The number of benzene rings is 1. The number of hydrogen-bond donors (Lipinski definition) is 1. The molecule has 3 aromatic heterocycles. The van der Waals surface area contributed by atoms with Crippen molar-refractivity contribution >= 4 is 22.4 Å². The third-order valence-corrected chi connectivity index (χ3v) is 4.31. The Hall–Kier alpha value is -3.04. The zero-order chi connectivity index (χ0) is 14.9. The second-order valence-electron chi connectivity index (χ2n) is 4.70. The van der Waals surface area contributed by atoms with E-state index in [9.17, 15) is 0 Å². The van der Waals surface area contributed by atoms with Gasteiger partial charge in [-0.3, -0.25) is 4.98 Å². The first-order chi connectivity index (χ1) is 10.8. The Labute approximate surface area is 129 Å². The fraction of sp³-hybridized carbons (Fsp3) is 0. The number of hydrogen-bond acceptors (Lipinski definition) is 5. The Morgan fingerprint density at radius 2 is 2.14 bits per heavy atom. The molecule has 4 rings (SSSR count). The van der Waals surface area contributed by atoms with Gasteiger partial charge in [-0.05, 0) is 30.3 Å². The van der Waals surface area contributed by atoms with E-state index >= 15 is 0 Å². The summed E-state index contributed by atoms with van der Waals surface area (Å²) >= 11 is 1.55. The Kier molecular flexibility index (Phi) is 2.92. The highest BCUT2D eigenvalue weighted by molar-refractivity contribution is 7.18. The van der Waals surface area contributed by atoms with E-state index in [1.54, 1.807) is 42.1 Å². The molecule has 0 atom stereocenters. The van der Waals surface area contributed by atoms with E-state index < -0.39 is 0 Å². The minimum Gasteiger partial charge on any atom is -0.337 e. The summed E-state index contributed by atoms with van der Waals surface area (Å²) in [5, 5.41) is 9.86. The zero-order valence-corrected chi connectivity index (χ0v) is 12.1. The van der Waals surface area contributed by atoms with E-state index in [0.717, 1.165) is 32.3 Å². The molecule has 0 spiro atoms. The average Bonchev–Trinajstić information content (AvgIpc) is 3.21. The maximum atomic E-state index is 8.95. The number of imidazole rings is 1. The average molecular weight is 303 g/mol. The topological polar surface area (TPSA) is 78.2 Å². The standard InChI is InChI=1S/C16H9N5S/c17-7-10-3-4-12-13(6-10)21-15(20-12)14-9-19-16(22-14)11-2-1-5-18-8-11/h1-6,8-9H,(H,20,21).